The van der Waals surface area contributed by atoms with Crippen LogP contribution >= 0.6 is 0 Å². The fourth-order valence-electron chi connectivity index (χ4n) is 1.69. The van der Waals surface area contributed by atoms with E-state index in [1.807, 2.05) is 30.3 Å². The highest BCUT2D eigenvalue weighted by Gasteiger charge is 2.18. The van der Waals surface area contributed by atoms with Gasteiger partial charge in [-0.3, -0.25) is 9.59 Å². The molecule has 0 fully saturated rings. The number of benzene rings is 1. The molecule has 1 aromatic carbocycles. The number of ether oxygens (including phenoxy) is 1. The number of hydrogen-bond donors (Lipinski definition) is 0. The van der Waals surface area contributed by atoms with Crippen LogP contribution < -0.4 is 0 Å². The molecule has 0 aliphatic heterocycles. The third kappa shape index (κ3) is 4.20. The number of methoxy groups -OCH3 is 1. The number of carbonyl (C=O) groups excluding carboxylic acids is 2. The smallest absolute Gasteiger partial charge is 0.310 e. The molecule has 1 aromatic rings. The van der Waals surface area contributed by atoms with Gasteiger partial charge in [0.25, 0.3) is 0 Å². The van der Waals surface area contributed by atoms with Crippen molar-refractivity contribution in [3.05, 3.63) is 35.9 Å². The maximum absolute atomic E-state index is 11.9. The van der Waals surface area contributed by atoms with Crippen molar-refractivity contribution in [1.82, 2.24) is 4.90 Å². The van der Waals surface area contributed by atoms with Crippen molar-refractivity contribution in [2.45, 2.75) is 13.3 Å². The van der Waals surface area contributed by atoms with Gasteiger partial charge in [-0.1, -0.05) is 37.3 Å². The number of carbonyl (C=O) groups is 2. The molecule has 0 radical (unpaired) electrons. The van der Waals surface area contributed by atoms with Crippen LogP contribution in [0.15, 0.2) is 30.3 Å². The van der Waals surface area contributed by atoms with Gasteiger partial charge in [-0.25, -0.2) is 0 Å². The van der Waals surface area contributed by atoms with Crippen LogP contribution in [0.4, 0.5) is 0 Å². The fraction of sp³-hybridized carbons (Fsp3) is 0.429. The van der Waals surface area contributed by atoms with Gasteiger partial charge in [0.15, 0.2) is 0 Å². The summed E-state index contributed by atoms with van der Waals surface area (Å²) in [5.41, 5.74) is 0.972. The standard InChI is InChI=1S/C14H19NO3/c1-11(14(17)18-3)10-15(2)13(16)9-12-7-5-4-6-8-12/h4-8,11H,9-10H2,1-3H3. The Hall–Kier alpha value is -1.84. The van der Waals surface area contributed by atoms with E-state index in [4.69, 9.17) is 0 Å². The minimum absolute atomic E-state index is 0.00282. The van der Waals surface area contributed by atoms with Crippen LogP contribution in [0.1, 0.15) is 12.5 Å². The Morgan fingerprint density at radius 3 is 2.44 bits per heavy atom. The Labute approximate surface area is 108 Å². The molecule has 1 unspecified atom stereocenters. The summed E-state index contributed by atoms with van der Waals surface area (Å²) in [6.45, 7) is 2.12. The van der Waals surface area contributed by atoms with Crippen LogP contribution in [0.3, 0.4) is 0 Å². The molecule has 0 aliphatic rings. The molecule has 0 saturated heterocycles. The highest BCUT2D eigenvalue weighted by atomic mass is 16.5. The summed E-state index contributed by atoms with van der Waals surface area (Å²) < 4.78 is 4.63. The normalized spacial score (nSPS) is 11.7. The van der Waals surface area contributed by atoms with E-state index in [-0.39, 0.29) is 17.8 Å². The maximum Gasteiger partial charge on any atom is 0.310 e. The lowest BCUT2D eigenvalue weighted by atomic mass is 10.1. The highest BCUT2D eigenvalue weighted by Crippen LogP contribution is 2.05. The van der Waals surface area contributed by atoms with Gasteiger partial charge in [-0.15, -0.1) is 0 Å². The molecule has 4 heteroatoms. The molecule has 18 heavy (non-hydrogen) atoms. The Kier molecular flexibility index (Phi) is 5.36. The predicted octanol–water partition coefficient (Wildman–Crippen LogP) is 1.50. The average molecular weight is 249 g/mol. The number of esters is 1. The fourth-order valence-corrected chi connectivity index (χ4v) is 1.69. The zero-order valence-electron chi connectivity index (χ0n) is 11.1. The zero-order valence-corrected chi connectivity index (χ0v) is 11.1. The number of likely N-dealkylation sites (N-methyl/N-ethyl adjacent to an activating group) is 1. The molecular weight excluding hydrogens is 230 g/mol. The number of nitrogens with zero attached hydrogens (tertiary/aromatic N) is 1. The van der Waals surface area contributed by atoms with Gasteiger partial charge in [0, 0.05) is 13.6 Å². The van der Waals surface area contributed by atoms with Gasteiger partial charge in [-0.2, -0.15) is 0 Å². The van der Waals surface area contributed by atoms with Crippen LogP contribution in [0.25, 0.3) is 0 Å². The molecule has 0 spiro atoms. The van der Waals surface area contributed by atoms with Crippen molar-refractivity contribution in [1.29, 1.82) is 0 Å². The van der Waals surface area contributed by atoms with Crippen molar-refractivity contribution in [2.75, 3.05) is 20.7 Å². The predicted molar refractivity (Wildman–Crippen MR) is 69.0 cm³/mol. The Morgan fingerprint density at radius 2 is 1.89 bits per heavy atom. The lowest BCUT2D eigenvalue weighted by Crippen LogP contribution is -2.35. The van der Waals surface area contributed by atoms with Gasteiger partial charge in [0.05, 0.1) is 19.4 Å². The Morgan fingerprint density at radius 1 is 1.28 bits per heavy atom. The van der Waals surface area contributed by atoms with E-state index in [9.17, 15) is 9.59 Å². The first-order chi connectivity index (χ1) is 8.54. The number of hydrogen-bond acceptors (Lipinski definition) is 3. The molecule has 0 aromatic heterocycles. The highest BCUT2D eigenvalue weighted by molar-refractivity contribution is 5.79. The van der Waals surface area contributed by atoms with Crippen molar-refractivity contribution < 1.29 is 14.3 Å². The molecule has 0 N–H and O–H groups in total. The van der Waals surface area contributed by atoms with Gasteiger partial charge >= 0.3 is 5.97 Å². The van der Waals surface area contributed by atoms with E-state index in [2.05, 4.69) is 4.74 Å². The first-order valence-corrected chi connectivity index (χ1v) is 5.90. The van der Waals surface area contributed by atoms with Crippen molar-refractivity contribution in [2.24, 2.45) is 5.92 Å². The minimum Gasteiger partial charge on any atom is -0.469 e. The van der Waals surface area contributed by atoms with Gasteiger partial charge in [0.1, 0.15) is 0 Å². The summed E-state index contributed by atoms with van der Waals surface area (Å²) in [5, 5.41) is 0. The van der Waals surface area contributed by atoms with Crippen LogP contribution in [0.5, 0.6) is 0 Å². The third-order valence-electron chi connectivity index (χ3n) is 2.78. The Balaban J connectivity index is 2.49. The van der Waals surface area contributed by atoms with E-state index >= 15 is 0 Å². The summed E-state index contributed by atoms with van der Waals surface area (Å²) in [6, 6.07) is 9.54. The second kappa shape index (κ2) is 6.79. The van der Waals surface area contributed by atoms with E-state index < -0.39 is 0 Å². The Bertz CT molecular complexity index is 403. The summed E-state index contributed by atoms with van der Waals surface area (Å²) in [7, 11) is 3.05. The third-order valence-corrected chi connectivity index (χ3v) is 2.78. The molecule has 0 aliphatic carbocycles. The molecule has 4 nitrogen and oxygen atoms in total. The molecule has 1 atom stereocenters. The summed E-state index contributed by atoms with van der Waals surface area (Å²) in [6.07, 6.45) is 0.352. The molecule has 98 valence electrons. The van der Waals surface area contributed by atoms with Crippen molar-refractivity contribution in [3.8, 4) is 0 Å². The van der Waals surface area contributed by atoms with Crippen molar-refractivity contribution in [3.63, 3.8) is 0 Å². The van der Waals surface area contributed by atoms with Gasteiger partial charge < -0.3 is 9.64 Å². The molecule has 1 rings (SSSR count). The zero-order chi connectivity index (χ0) is 13.5. The topological polar surface area (TPSA) is 46.6 Å². The molecule has 0 bridgehead atoms. The second-order valence-corrected chi connectivity index (χ2v) is 4.36. The molecule has 1 amide bonds. The monoisotopic (exact) mass is 249 g/mol. The van der Waals surface area contributed by atoms with E-state index in [0.717, 1.165) is 5.56 Å². The number of rotatable bonds is 5. The van der Waals surface area contributed by atoms with Crippen LogP contribution in [-0.2, 0) is 20.7 Å². The first kappa shape index (κ1) is 14.2. The summed E-state index contributed by atoms with van der Waals surface area (Å²) in [4.78, 5) is 24.8. The van der Waals surface area contributed by atoms with Gasteiger partial charge in [-0.05, 0) is 5.56 Å². The second-order valence-electron chi connectivity index (χ2n) is 4.36. The van der Waals surface area contributed by atoms with Crippen LogP contribution in [-0.4, -0.2) is 37.5 Å². The van der Waals surface area contributed by atoms with Crippen LogP contribution in [0, 0.1) is 5.92 Å². The van der Waals surface area contributed by atoms with E-state index in [0.29, 0.717) is 13.0 Å². The summed E-state index contributed by atoms with van der Waals surface area (Å²) in [5.74, 6) is -0.606. The van der Waals surface area contributed by atoms with E-state index in [1.54, 1.807) is 18.9 Å². The van der Waals surface area contributed by atoms with E-state index in [1.165, 1.54) is 7.11 Å². The largest absolute Gasteiger partial charge is 0.469 e. The van der Waals surface area contributed by atoms with Crippen molar-refractivity contribution >= 4 is 11.9 Å². The van der Waals surface area contributed by atoms with Crippen LogP contribution in [0.2, 0.25) is 0 Å². The minimum atomic E-state index is -0.306. The lowest BCUT2D eigenvalue weighted by molar-refractivity contribution is -0.146. The SMILES string of the molecule is COC(=O)C(C)CN(C)C(=O)Cc1ccccc1. The molecule has 0 saturated carbocycles. The van der Waals surface area contributed by atoms with Gasteiger partial charge in [0.2, 0.25) is 5.91 Å². The molecular formula is C14H19NO3. The number of amides is 1. The average Bonchev–Trinajstić information content (AvgIpc) is 2.38. The summed E-state index contributed by atoms with van der Waals surface area (Å²) >= 11 is 0. The molecule has 0 heterocycles. The first-order valence-electron chi connectivity index (χ1n) is 5.90. The lowest BCUT2D eigenvalue weighted by Gasteiger charge is -2.20. The quantitative estimate of drug-likeness (QED) is 0.743. The maximum atomic E-state index is 11.9.